The Morgan fingerprint density at radius 1 is 0.549 bits per heavy atom. The number of nitrogens with zero attached hydrogens (tertiary/aromatic N) is 2. The van der Waals surface area contributed by atoms with Gasteiger partial charge < -0.3 is 9.47 Å². The van der Waals surface area contributed by atoms with Crippen molar-refractivity contribution in [3.05, 3.63) is 64.7 Å². The molecule has 51 heavy (non-hydrogen) atoms. The third-order valence-electron chi connectivity index (χ3n) is 11.0. The van der Waals surface area contributed by atoms with Gasteiger partial charge in [-0.3, -0.25) is 29.0 Å². The van der Waals surface area contributed by atoms with Crippen molar-refractivity contribution in [3.8, 4) is 5.75 Å². The third kappa shape index (κ3) is 5.28. The topological polar surface area (TPSA) is 93.2 Å². The highest BCUT2D eigenvalue weighted by Gasteiger charge is 2.41. The summed E-state index contributed by atoms with van der Waals surface area (Å²) in [5, 5.41) is 6.07. The summed E-state index contributed by atoms with van der Waals surface area (Å²) in [7, 11) is 0. The van der Waals surface area contributed by atoms with Gasteiger partial charge in [-0.05, 0) is 106 Å². The van der Waals surface area contributed by atoms with Gasteiger partial charge in [-0.2, -0.15) is 0 Å². The van der Waals surface area contributed by atoms with Crippen LogP contribution >= 0.6 is 0 Å². The fourth-order valence-corrected chi connectivity index (χ4v) is 8.37. The number of ether oxygens (including phenoxy) is 2. The van der Waals surface area contributed by atoms with Crippen LogP contribution in [0, 0.1) is 0 Å². The zero-order chi connectivity index (χ0) is 36.7. The fraction of sp³-hybridized carbons (Fsp3) is 0.442. The minimum atomic E-state index is -0.698. The van der Waals surface area contributed by atoms with Gasteiger partial charge in [-0.25, -0.2) is 0 Å². The highest BCUT2D eigenvalue weighted by atomic mass is 16.5. The van der Waals surface area contributed by atoms with E-state index in [2.05, 4.69) is 0 Å². The molecule has 2 aliphatic heterocycles. The SMILES string of the molecule is CCC(CC)N1C(=O)c2ccc3c4ccc5c6c(cc(OC(C)(C)CCOC(C)(C)C)c(c7ccc(c2c37)C1=O)c64)C(=O)N(C(CC)CC)C5=O. The molecule has 8 nitrogen and oxygen atoms in total. The largest absolute Gasteiger partial charge is 0.487 e. The summed E-state index contributed by atoms with van der Waals surface area (Å²) in [5.74, 6) is -0.661. The van der Waals surface area contributed by atoms with Crippen LogP contribution in [-0.4, -0.2) is 63.3 Å². The van der Waals surface area contributed by atoms with Crippen molar-refractivity contribution in [1.29, 1.82) is 0 Å². The van der Waals surface area contributed by atoms with Crippen molar-refractivity contribution in [2.45, 2.75) is 118 Å². The Hall–Kier alpha value is -4.56. The Morgan fingerprint density at radius 2 is 0.980 bits per heavy atom. The Kier molecular flexibility index (Phi) is 8.40. The molecule has 266 valence electrons. The second-order valence-corrected chi connectivity index (χ2v) is 15.8. The maximum atomic E-state index is 14.4. The predicted octanol–water partition coefficient (Wildman–Crippen LogP) is 9.67. The van der Waals surface area contributed by atoms with Crippen LogP contribution in [0.3, 0.4) is 0 Å². The van der Waals surface area contributed by atoms with E-state index in [-0.39, 0.29) is 41.3 Å². The molecule has 0 unspecified atom stereocenters. The van der Waals surface area contributed by atoms with Gasteiger partial charge in [0, 0.05) is 56.7 Å². The van der Waals surface area contributed by atoms with E-state index in [1.807, 2.05) is 105 Å². The van der Waals surface area contributed by atoms with E-state index in [9.17, 15) is 19.2 Å². The second-order valence-electron chi connectivity index (χ2n) is 15.8. The zero-order valence-electron chi connectivity index (χ0n) is 31.3. The minimum Gasteiger partial charge on any atom is -0.487 e. The van der Waals surface area contributed by atoms with Crippen molar-refractivity contribution in [1.82, 2.24) is 9.80 Å². The number of rotatable bonds is 11. The number of amides is 4. The molecule has 0 saturated carbocycles. The van der Waals surface area contributed by atoms with Crippen molar-refractivity contribution in [2.75, 3.05) is 6.61 Å². The van der Waals surface area contributed by atoms with Crippen LogP contribution in [-0.2, 0) is 4.74 Å². The molecule has 0 N–H and O–H groups in total. The van der Waals surface area contributed by atoms with Gasteiger partial charge in [-0.15, -0.1) is 0 Å². The summed E-state index contributed by atoms with van der Waals surface area (Å²) < 4.78 is 13.0. The Labute approximate surface area is 299 Å². The van der Waals surface area contributed by atoms with Crippen LogP contribution in [0.25, 0.3) is 43.1 Å². The number of carbonyl (C=O) groups is 4. The first-order chi connectivity index (χ1) is 24.2. The first kappa shape index (κ1) is 34.9. The number of hydrogen-bond donors (Lipinski definition) is 0. The van der Waals surface area contributed by atoms with Crippen LogP contribution < -0.4 is 4.74 Å². The van der Waals surface area contributed by atoms with Gasteiger partial charge >= 0.3 is 0 Å². The second kappa shape index (κ2) is 12.3. The molecule has 0 fully saturated rings. The molecule has 0 radical (unpaired) electrons. The molecule has 2 aliphatic rings. The average molecular weight is 689 g/mol. The number of benzene rings is 5. The van der Waals surface area contributed by atoms with Crippen LogP contribution in [0.15, 0.2) is 42.5 Å². The van der Waals surface area contributed by atoms with Gasteiger partial charge in [0.1, 0.15) is 11.4 Å². The smallest absolute Gasteiger partial charge is 0.261 e. The van der Waals surface area contributed by atoms with E-state index in [4.69, 9.17) is 9.47 Å². The van der Waals surface area contributed by atoms with Crippen molar-refractivity contribution in [3.63, 3.8) is 0 Å². The van der Waals surface area contributed by atoms with Gasteiger partial charge in [-0.1, -0.05) is 45.9 Å². The zero-order valence-corrected chi connectivity index (χ0v) is 31.3. The monoisotopic (exact) mass is 688 g/mol. The summed E-state index contributed by atoms with van der Waals surface area (Å²) in [4.78, 5) is 59.7. The predicted molar refractivity (Wildman–Crippen MR) is 202 cm³/mol. The summed E-state index contributed by atoms with van der Waals surface area (Å²) in [6.07, 6.45) is 3.23. The molecule has 2 heterocycles. The van der Waals surface area contributed by atoms with Crippen molar-refractivity contribution < 1.29 is 28.7 Å². The number of imide groups is 2. The lowest BCUT2D eigenvalue weighted by Gasteiger charge is -2.35. The minimum absolute atomic E-state index is 0.198. The van der Waals surface area contributed by atoms with Crippen LogP contribution in [0.4, 0.5) is 0 Å². The molecule has 5 aromatic rings. The van der Waals surface area contributed by atoms with Crippen LogP contribution in [0.1, 0.15) is 136 Å². The Morgan fingerprint density at radius 3 is 1.45 bits per heavy atom. The van der Waals surface area contributed by atoms with E-state index < -0.39 is 5.60 Å². The highest BCUT2D eigenvalue weighted by Crippen LogP contribution is 2.50. The first-order valence-corrected chi connectivity index (χ1v) is 18.5. The lowest BCUT2D eigenvalue weighted by atomic mass is 9.81. The summed E-state index contributed by atoms with van der Waals surface area (Å²) in [6, 6.07) is 12.7. The van der Waals surface area contributed by atoms with Gasteiger partial charge in [0.15, 0.2) is 0 Å². The molecule has 0 saturated heterocycles. The summed E-state index contributed by atoms with van der Waals surface area (Å²) >= 11 is 0. The number of carbonyl (C=O) groups excluding carboxylic acids is 4. The molecule has 0 aromatic heterocycles. The number of hydrogen-bond acceptors (Lipinski definition) is 6. The van der Waals surface area contributed by atoms with Gasteiger partial charge in [0.25, 0.3) is 23.6 Å². The standard InChI is InChI=1S/C43H48N2O6/c1-10-23(11-2)44-38(46)28-17-14-25-26-15-18-30-35-31(41(49)45(40(30)48)24(12-3)13-4)22-32(51-43(8,9)20-21-50-42(5,6)7)36(37(26)35)27-16-19-29(39(44)47)34(28)33(25)27/h14-19,22-24H,10-13,20-21H2,1-9H3. The van der Waals surface area contributed by atoms with E-state index >= 15 is 0 Å². The van der Waals surface area contributed by atoms with E-state index in [0.717, 1.165) is 32.3 Å². The molecular weight excluding hydrogens is 640 g/mol. The van der Waals surface area contributed by atoms with E-state index in [1.165, 1.54) is 9.80 Å². The Bertz CT molecular complexity index is 2250. The van der Waals surface area contributed by atoms with E-state index in [0.29, 0.717) is 77.5 Å². The first-order valence-electron chi connectivity index (χ1n) is 18.5. The van der Waals surface area contributed by atoms with Crippen LogP contribution in [0.5, 0.6) is 5.75 Å². The van der Waals surface area contributed by atoms with Crippen molar-refractivity contribution in [2.24, 2.45) is 0 Å². The fourth-order valence-electron chi connectivity index (χ4n) is 8.37. The molecule has 0 atom stereocenters. The summed E-state index contributed by atoms with van der Waals surface area (Å²) in [6.45, 7) is 18.5. The maximum absolute atomic E-state index is 14.4. The van der Waals surface area contributed by atoms with Crippen LogP contribution in [0.2, 0.25) is 0 Å². The average Bonchev–Trinajstić information content (AvgIpc) is 3.08. The normalized spacial score (nSPS) is 15.4. The molecular formula is C43H48N2O6. The van der Waals surface area contributed by atoms with Gasteiger partial charge in [0.2, 0.25) is 0 Å². The molecule has 8 heteroatoms. The molecule has 0 aliphatic carbocycles. The molecule has 7 rings (SSSR count). The van der Waals surface area contributed by atoms with Gasteiger partial charge in [0.05, 0.1) is 17.8 Å². The van der Waals surface area contributed by atoms with E-state index in [1.54, 1.807) is 0 Å². The molecule has 4 amide bonds. The third-order valence-corrected chi connectivity index (χ3v) is 11.0. The van der Waals surface area contributed by atoms with Crippen molar-refractivity contribution >= 4 is 66.7 Å². The lowest BCUT2D eigenvalue weighted by molar-refractivity contribution is -0.0290. The molecule has 0 bridgehead atoms. The summed E-state index contributed by atoms with van der Waals surface area (Å²) in [5.41, 5.74) is 0.918. The maximum Gasteiger partial charge on any atom is 0.261 e. The Balaban J connectivity index is 1.55. The lowest BCUT2D eigenvalue weighted by Crippen LogP contribution is -2.46. The molecule has 5 aromatic carbocycles. The molecule has 0 spiro atoms. The number of fused-ring (bicyclic) bond motifs is 2. The highest BCUT2D eigenvalue weighted by molar-refractivity contribution is 6.42. The quantitative estimate of drug-likeness (QED) is 0.0780.